The predicted molar refractivity (Wildman–Crippen MR) is 98.8 cm³/mol. The molecular weight excluding hydrogens is 324 g/mol. The van der Waals surface area contributed by atoms with Gasteiger partial charge in [-0.3, -0.25) is 0 Å². The molecule has 2 N–H and O–H groups in total. The molecule has 0 saturated carbocycles. The highest BCUT2D eigenvalue weighted by molar-refractivity contribution is 6.29. The first-order chi connectivity index (χ1) is 11.7. The minimum absolute atomic E-state index is 0.512. The fourth-order valence-electron chi connectivity index (χ4n) is 2.22. The molecule has 0 amide bonds. The Labute approximate surface area is 148 Å². The number of aliphatic imine (C=N–C) groups is 1. The number of hydrogen-bond donors (Lipinski definition) is 2. The maximum atomic E-state index is 5.80. The molecule has 0 aliphatic rings. The maximum Gasteiger partial charge on any atom is 0.191 e. The zero-order valence-electron chi connectivity index (χ0n) is 14.1. The Morgan fingerprint density at radius 3 is 2.75 bits per heavy atom. The van der Waals surface area contributed by atoms with E-state index in [2.05, 4.69) is 20.6 Å². The van der Waals surface area contributed by atoms with Crippen LogP contribution in [0, 0.1) is 0 Å². The summed E-state index contributed by atoms with van der Waals surface area (Å²) in [7, 11) is 1.67. The van der Waals surface area contributed by atoms with Crippen LogP contribution < -0.4 is 15.4 Å². The molecule has 0 aliphatic carbocycles. The fourth-order valence-corrected chi connectivity index (χ4v) is 2.33. The topological polar surface area (TPSA) is 58.5 Å². The first-order valence-corrected chi connectivity index (χ1v) is 8.35. The molecule has 6 heteroatoms. The monoisotopic (exact) mass is 346 g/mol. The SMILES string of the molecule is CCNC(=NCc1ccccc1OC)NCCc1ccc(Cl)nc1. The van der Waals surface area contributed by atoms with Crippen molar-refractivity contribution in [3.63, 3.8) is 0 Å². The summed E-state index contributed by atoms with van der Waals surface area (Å²) in [5, 5.41) is 7.09. The Hall–Kier alpha value is -2.27. The van der Waals surface area contributed by atoms with Crippen molar-refractivity contribution in [3.05, 3.63) is 58.9 Å². The molecular formula is C18H23ClN4O. The Bertz CT molecular complexity index is 658. The van der Waals surface area contributed by atoms with Crippen molar-refractivity contribution in [2.75, 3.05) is 20.2 Å². The van der Waals surface area contributed by atoms with Crippen LogP contribution in [-0.4, -0.2) is 31.1 Å². The van der Waals surface area contributed by atoms with Gasteiger partial charge in [0.1, 0.15) is 10.9 Å². The molecule has 128 valence electrons. The largest absolute Gasteiger partial charge is 0.496 e. The van der Waals surface area contributed by atoms with E-state index in [0.29, 0.717) is 11.7 Å². The standard InChI is InChI=1S/C18H23ClN4O/c1-3-20-18(21-11-10-14-8-9-17(19)22-12-14)23-13-15-6-4-5-7-16(15)24-2/h4-9,12H,3,10-11,13H2,1-2H3,(H2,20,21,23). The third kappa shape index (κ3) is 5.74. The van der Waals surface area contributed by atoms with Crippen molar-refractivity contribution in [1.82, 2.24) is 15.6 Å². The highest BCUT2D eigenvalue weighted by atomic mass is 35.5. The fraction of sp³-hybridized carbons (Fsp3) is 0.333. The summed E-state index contributed by atoms with van der Waals surface area (Å²) < 4.78 is 5.36. The smallest absolute Gasteiger partial charge is 0.191 e. The molecule has 0 bridgehead atoms. The molecule has 1 heterocycles. The second-order valence-corrected chi connectivity index (χ2v) is 5.56. The van der Waals surface area contributed by atoms with Crippen LogP contribution in [0.4, 0.5) is 0 Å². The van der Waals surface area contributed by atoms with E-state index in [-0.39, 0.29) is 0 Å². The van der Waals surface area contributed by atoms with E-state index in [1.807, 2.05) is 37.3 Å². The molecule has 0 aliphatic heterocycles. The van der Waals surface area contributed by atoms with Crippen LogP contribution in [0.15, 0.2) is 47.6 Å². The van der Waals surface area contributed by atoms with E-state index < -0.39 is 0 Å². The Morgan fingerprint density at radius 2 is 2.04 bits per heavy atom. The van der Waals surface area contributed by atoms with Gasteiger partial charge in [0, 0.05) is 24.8 Å². The third-order valence-corrected chi connectivity index (χ3v) is 3.66. The number of para-hydroxylation sites is 1. The highest BCUT2D eigenvalue weighted by Gasteiger charge is 2.02. The lowest BCUT2D eigenvalue weighted by Gasteiger charge is -2.12. The van der Waals surface area contributed by atoms with Gasteiger partial charge < -0.3 is 15.4 Å². The average molecular weight is 347 g/mol. The van der Waals surface area contributed by atoms with Gasteiger partial charge in [0.15, 0.2) is 5.96 Å². The van der Waals surface area contributed by atoms with Crippen molar-refractivity contribution in [1.29, 1.82) is 0 Å². The van der Waals surface area contributed by atoms with Crippen LogP contribution in [0.2, 0.25) is 5.15 Å². The molecule has 2 aromatic rings. The van der Waals surface area contributed by atoms with E-state index in [1.165, 1.54) is 0 Å². The van der Waals surface area contributed by atoms with Gasteiger partial charge in [0.25, 0.3) is 0 Å². The third-order valence-electron chi connectivity index (χ3n) is 3.44. The van der Waals surface area contributed by atoms with Gasteiger partial charge in [-0.25, -0.2) is 9.98 Å². The Balaban J connectivity index is 1.91. The number of guanidine groups is 1. The molecule has 1 aromatic heterocycles. The van der Waals surface area contributed by atoms with E-state index in [9.17, 15) is 0 Å². The first-order valence-electron chi connectivity index (χ1n) is 7.97. The van der Waals surface area contributed by atoms with Crippen molar-refractivity contribution < 1.29 is 4.74 Å². The molecule has 0 spiro atoms. The molecule has 5 nitrogen and oxygen atoms in total. The van der Waals surface area contributed by atoms with Gasteiger partial charge >= 0.3 is 0 Å². The lowest BCUT2D eigenvalue weighted by atomic mass is 10.2. The van der Waals surface area contributed by atoms with Crippen molar-refractivity contribution >= 4 is 17.6 Å². The number of nitrogens with one attached hydrogen (secondary N) is 2. The van der Waals surface area contributed by atoms with Crippen LogP contribution in [0.25, 0.3) is 0 Å². The predicted octanol–water partition coefficient (Wildman–Crippen LogP) is 3.04. The molecule has 0 radical (unpaired) electrons. The van der Waals surface area contributed by atoms with Gasteiger partial charge in [-0.1, -0.05) is 35.9 Å². The van der Waals surface area contributed by atoms with E-state index in [0.717, 1.165) is 42.3 Å². The summed E-state index contributed by atoms with van der Waals surface area (Å²) in [6.45, 7) is 4.17. The number of nitrogens with zero attached hydrogens (tertiary/aromatic N) is 2. The Kier molecular flexibility index (Phi) is 7.36. The molecule has 1 aromatic carbocycles. The highest BCUT2D eigenvalue weighted by Crippen LogP contribution is 2.17. The van der Waals surface area contributed by atoms with Crippen molar-refractivity contribution in [3.8, 4) is 5.75 Å². The van der Waals surface area contributed by atoms with Crippen molar-refractivity contribution in [2.24, 2.45) is 4.99 Å². The molecule has 24 heavy (non-hydrogen) atoms. The van der Waals surface area contributed by atoms with E-state index in [1.54, 1.807) is 19.4 Å². The van der Waals surface area contributed by atoms with Crippen molar-refractivity contribution in [2.45, 2.75) is 19.9 Å². The summed E-state index contributed by atoms with van der Waals surface area (Å²) in [4.78, 5) is 8.70. The second-order valence-electron chi connectivity index (χ2n) is 5.17. The first kappa shape index (κ1) is 18.1. The van der Waals surface area contributed by atoms with E-state index in [4.69, 9.17) is 16.3 Å². The minimum Gasteiger partial charge on any atom is -0.496 e. The van der Waals surface area contributed by atoms with Gasteiger partial charge in [0.05, 0.1) is 13.7 Å². The number of aromatic nitrogens is 1. The van der Waals surface area contributed by atoms with Gasteiger partial charge in [0.2, 0.25) is 0 Å². The lowest BCUT2D eigenvalue weighted by molar-refractivity contribution is 0.410. The van der Waals surface area contributed by atoms with Gasteiger partial charge in [-0.15, -0.1) is 0 Å². The number of hydrogen-bond acceptors (Lipinski definition) is 3. The van der Waals surface area contributed by atoms with Crippen LogP contribution in [0.3, 0.4) is 0 Å². The number of halogens is 1. The summed E-state index contributed by atoms with van der Waals surface area (Å²) in [5.74, 6) is 1.63. The van der Waals surface area contributed by atoms with Crippen LogP contribution in [0.1, 0.15) is 18.1 Å². The van der Waals surface area contributed by atoms with Gasteiger partial charge in [-0.05, 0) is 31.0 Å². The summed E-state index contributed by atoms with van der Waals surface area (Å²) in [6, 6.07) is 11.7. The van der Waals surface area contributed by atoms with Gasteiger partial charge in [-0.2, -0.15) is 0 Å². The van der Waals surface area contributed by atoms with E-state index >= 15 is 0 Å². The zero-order valence-corrected chi connectivity index (χ0v) is 14.8. The summed E-state index contributed by atoms with van der Waals surface area (Å²) in [6.07, 6.45) is 2.64. The number of benzene rings is 1. The molecule has 0 saturated heterocycles. The average Bonchev–Trinajstić information content (AvgIpc) is 2.61. The zero-order chi connectivity index (χ0) is 17.2. The molecule has 0 atom stereocenters. The number of pyridine rings is 1. The summed E-state index contributed by atoms with van der Waals surface area (Å²) >= 11 is 5.80. The number of ether oxygens (including phenoxy) is 1. The normalized spacial score (nSPS) is 11.2. The molecule has 0 fully saturated rings. The quantitative estimate of drug-likeness (QED) is 0.459. The van der Waals surface area contributed by atoms with Crippen LogP contribution in [-0.2, 0) is 13.0 Å². The maximum absolute atomic E-state index is 5.80. The summed E-state index contributed by atoms with van der Waals surface area (Å²) in [5.41, 5.74) is 2.19. The number of rotatable bonds is 7. The van der Waals surface area contributed by atoms with Crippen LogP contribution in [0.5, 0.6) is 5.75 Å². The molecule has 0 unspecified atom stereocenters. The minimum atomic E-state index is 0.512. The lowest BCUT2D eigenvalue weighted by Crippen LogP contribution is -2.38. The Morgan fingerprint density at radius 1 is 1.21 bits per heavy atom. The number of methoxy groups -OCH3 is 1. The second kappa shape index (κ2) is 9.78. The van der Waals surface area contributed by atoms with Crippen LogP contribution >= 0.6 is 11.6 Å². The molecule has 2 rings (SSSR count).